The van der Waals surface area contributed by atoms with E-state index in [9.17, 15) is 4.79 Å². The molecule has 0 atom stereocenters. The maximum Gasteiger partial charge on any atom is 0.255 e. The van der Waals surface area contributed by atoms with Crippen LogP contribution in [0.5, 0.6) is 0 Å². The Morgan fingerprint density at radius 2 is 1.85 bits per heavy atom. The van der Waals surface area contributed by atoms with Gasteiger partial charge in [0, 0.05) is 18.1 Å². The van der Waals surface area contributed by atoms with Crippen LogP contribution in [-0.4, -0.2) is 17.9 Å². The summed E-state index contributed by atoms with van der Waals surface area (Å²) in [7, 11) is 1.78. The lowest BCUT2D eigenvalue weighted by Crippen LogP contribution is -2.26. The number of aryl methyl sites for hydroxylation is 1. The Hall–Kier alpha value is -1.32. The number of carbonyl (C=O) groups excluding carboxylic acids is 1. The minimum absolute atomic E-state index is 0.0714. The summed E-state index contributed by atoms with van der Waals surface area (Å²) in [5.41, 5.74) is 2.66. The Labute approximate surface area is 132 Å². The van der Waals surface area contributed by atoms with Crippen LogP contribution in [0.2, 0.25) is 5.02 Å². The van der Waals surface area contributed by atoms with E-state index < -0.39 is 0 Å². The van der Waals surface area contributed by atoms with Gasteiger partial charge in [-0.2, -0.15) is 0 Å². The Bertz CT molecular complexity index is 625. The van der Waals surface area contributed by atoms with Crippen LogP contribution in [0, 0.1) is 6.92 Å². The number of hydrogen-bond donors (Lipinski definition) is 0. The predicted molar refractivity (Wildman–Crippen MR) is 86.1 cm³/mol. The van der Waals surface area contributed by atoms with E-state index in [-0.39, 0.29) is 5.91 Å². The van der Waals surface area contributed by atoms with Crippen molar-refractivity contribution in [3.05, 3.63) is 68.7 Å². The molecular weight excluding hydrogens is 338 g/mol. The summed E-state index contributed by atoms with van der Waals surface area (Å²) in [6, 6.07) is 13.4. The molecular formula is C16H15BrClNO. The molecule has 0 N–H and O–H groups in total. The molecule has 0 aliphatic rings. The maximum absolute atomic E-state index is 12.4. The molecule has 1 amide bonds. The van der Waals surface area contributed by atoms with Crippen LogP contribution in [0.4, 0.5) is 0 Å². The molecule has 4 heteroatoms. The topological polar surface area (TPSA) is 20.3 Å². The fraction of sp³-hybridized carbons (Fsp3) is 0.188. The van der Waals surface area contributed by atoms with E-state index >= 15 is 0 Å². The third kappa shape index (κ3) is 3.62. The molecule has 0 spiro atoms. The van der Waals surface area contributed by atoms with Gasteiger partial charge in [0.2, 0.25) is 0 Å². The number of halogens is 2. The summed E-state index contributed by atoms with van der Waals surface area (Å²) in [5, 5.41) is 0.498. The van der Waals surface area contributed by atoms with Crippen molar-refractivity contribution in [2.24, 2.45) is 0 Å². The molecule has 0 heterocycles. The van der Waals surface area contributed by atoms with Crippen LogP contribution < -0.4 is 0 Å². The lowest BCUT2D eigenvalue weighted by atomic mass is 10.1. The van der Waals surface area contributed by atoms with Gasteiger partial charge >= 0.3 is 0 Å². The molecule has 0 saturated carbocycles. The van der Waals surface area contributed by atoms with Gasteiger partial charge in [0.1, 0.15) is 0 Å². The third-order valence-corrected chi connectivity index (χ3v) is 3.88. The molecule has 2 nitrogen and oxygen atoms in total. The van der Waals surface area contributed by atoms with Gasteiger partial charge < -0.3 is 4.90 Å². The summed E-state index contributed by atoms with van der Waals surface area (Å²) in [5.74, 6) is -0.0714. The van der Waals surface area contributed by atoms with E-state index in [1.807, 2.05) is 43.3 Å². The van der Waals surface area contributed by atoms with Crippen molar-refractivity contribution in [3.8, 4) is 0 Å². The first kappa shape index (κ1) is 15.1. The maximum atomic E-state index is 12.4. The molecule has 20 heavy (non-hydrogen) atoms. The second-order valence-corrected chi connectivity index (χ2v) is 6.09. The van der Waals surface area contributed by atoms with E-state index in [0.717, 1.165) is 15.6 Å². The highest BCUT2D eigenvalue weighted by Crippen LogP contribution is 2.20. The number of carbonyl (C=O) groups is 1. The molecule has 0 unspecified atom stereocenters. The molecule has 0 aliphatic heterocycles. The van der Waals surface area contributed by atoms with Crippen LogP contribution in [0.15, 0.2) is 46.9 Å². The van der Waals surface area contributed by atoms with Gasteiger partial charge in [0.15, 0.2) is 0 Å². The number of amides is 1. The molecule has 0 saturated heterocycles. The Kier molecular flexibility index (Phi) is 4.84. The molecule has 2 rings (SSSR count). The van der Waals surface area contributed by atoms with Crippen LogP contribution in [0.3, 0.4) is 0 Å². The normalized spacial score (nSPS) is 10.4. The van der Waals surface area contributed by atoms with Gasteiger partial charge in [-0.25, -0.2) is 0 Å². The van der Waals surface area contributed by atoms with Crippen molar-refractivity contribution in [2.45, 2.75) is 13.5 Å². The van der Waals surface area contributed by atoms with Crippen molar-refractivity contribution in [3.63, 3.8) is 0 Å². The fourth-order valence-electron chi connectivity index (χ4n) is 1.93. The molecule has 104 valence electrons. The molecule has 2 aromatic rings. The zero-order valence-corrected chi connectivity index (χ0v) is 13.7. The van der Waals surface area contributed by atoms with Crippen LogP contribution in [0.1, 0.15) is 21.5 Å². The van der Waals surface area contributed by atoms with Crippen molar-refractivity contribution >= 4 is 33.4 Å². The van der Waals surface area contributed by atoms with Crippen LogP contribution >= 0.6 is 27.5 Å². The number of hydrogen-bond acceptors (Lipinski definition) is 1. The summed E-state index contributed by atoms with van der Waals surface area (Å²) < 4.78 is 1.02. The van der Waals surface area contributed by atoms with E-state index in [0.29, 0.717) is 17.1 Å². The summed E-state index contributed by atoms with van der Waals surface area (Å²) in [6.07, 6.45) is 0. The van der Waals surface area contributed by atoms with Crippen LogP contribution in [0.25, 0.3) is 0 Å². The largest absolute Gasteiger partial charge is 0.337 e. The van der Waals surface area contributed by atoms with E-state index in [2.05, 4.69) is 15.9 Å². The zero-order valence-electron chi connectivity index (χ0n) is 11.4. The van der Waals surface area contributed by atoms with E-state index in [1.165, 1.54) is 0 Å². The van der Waals surface area contributed by atoms with Gasteiger partial charge in [-0.3, -0.25) is 4.79 Å². The Morgan fingerprint density at radius 1 is 1.20 bits per heavy atom. The van der Waals surface area contributed by atoms with E-state index in [4.69, 9.17) is 11.6 Å². The average molecular weight is 353 g/mol. The van der Waals surface area contributed by atoms with Crippen molar-refractivity contribution in [2.75, 3.05) is 7.05 Å². The number of nitrogens with zero attached hydrogens (tertiary/aromatic N) is 1. The summed E-state index contributed by atoms with van der Waals surface area (Å²) >= 11 is 9.53. The van der Waals surface area contributed by atoms with Crippen molar-refractivity contribution in [1.29, 1.82) is 0 Å². The molecule has 0 aromatic heterocycles. The molecule has 2 aromatic carbocycles. The van der Waals surface area contributed by atoms with Gasteiger partial charge in [0.25, 0.3) is 5.91 Å². The number of rotatable bonds is 3. The second-order valence-electron chi connectivity index (χ2n) is 4.77. The minimum Gasteiger partial charge on any atom is -0.337 e. The quantitative estimate of drug-likeness (QED) is 0.785. The lowest BCUT2D eigenvalue weighted by Gasteiger charge is -2.18. The smallest absolute Gasteiger partial charge is 0.255 e. The first-order chi connectivity index (χ1) is 9.47. The summed E-state index contributed by atoms with van der Waals surface area (Å²) in [6.45, 7) is 2.50. The molecule has 0 bridgehead atoms. The SMILES string of the molecule is Cc1ccc(C(=O)N(C)Cc2ccc(Br)cc2)c(Cl)c1. The fourth-order valence-corrected chi connectivity index (χ4v) is 2.51. The predicted octanol–water partition coefficient (Wildman–Crippen LogP) is 4.68. The zero-order chi connectivity index (χ0) is 14.7. The molecule has 0 radical (unpaired) electrons. The van der Waals surface area contributed by atoms with Gasteiger partial charge in [-0.1, -0.05) is 45.7 Å². The number of benzene rings is 2. The first-order valence-electron chi connectivity index (χ1n) is 6.23. The highest BCUT2D eigenvalue weighted by molar-refractivity contribution is 9.10. The van der Waals surface area contributed by atoms with Crippen molar-refractivity contribution < 1.29 is 4.79 Å². The van der Waals surface area contributed by atoms with Gasteiger partial charge in [-0.05, 0) is 42.3 Å². The third-order valence-electron chi connectivity index (χ3n) is 3.03. The van der Waals surface area contributed by atoms with Crippen LogP contribution in [-0.2, 0) is 6.54 Å². The lowest BCUT2D eigenvalue weighted by molar-refractivity contribution is 0.0785. The first-order valence-corrected chi connectivity index (χ1v) is 7.40. The minimum atomic E-state index is -0.0714. The Balaban J connectivity index is 2.14. The van der Waals surface area contributed by atoms with Gasteiger partial charge in [0.05, 0.1) is 10.6 Å². The van der Waals surface area contributed by atoms with E-state index in [1.54, 1.807) is 18.0 Å². The standard InChI is InChI=1S/C16H15BrClNO/c1-11-3-8-14(15(18)9-11)16(20)19(2)10-12-4-6-13(17)7-5-12/h3-9H,10H2,1-2H3. The average Bonchev–Trinajstić information content (AvgIpc) is 2.40. The highest BCUT2D eigenvalue weighted by atomic mass is 79.9. The summed E-state index contributed by atoms with van der Waals surface area (Å²) in [4.78, 5) is 14.0. The molecule has 0 aliphatic carbocycles. The molecule has 0 fully saturated rings. The highest BCUT2D eigenvalue weighted by Gasteiger charge is 2.15. The Morgan fingerprint density at radius 3 is 2.45 bits per heavy atom. The second kappa shape index (κ2) is 6.42. The monoisotopic (exact) mass is 351 g/mol. The van der Waals surface area contributed by atoms with Crippen molar-refractivity contribution in [1.82, 2.24) is 4.90 Å². The van der Waals surface area contributed by atoms with Gasteiger partial charge in [-0.15, -0.1) is 0 Å².